The van der Waals surface area contributed by atoms with Crippen molar-refractivity contribution in [2.75, 3.05) is 5.75 Å². The first-order chi connectivity index (χ1) is 12.5. The fourth-order valence-electron chi connectivity index (χ4n) is 3.40. The van der Waals surface area contributed by atoms with E-state index in [1.165, 1.54) is 12.8 Å². The number of hydrogen-bond acceptors (Lipinski definition) is 4. The number of aryl methyl sites for hydroxylation is 1. The van der Waals surface area contributed by atoms with Crippen LogP contribution in [0.15, 0.2) is 30.3 Å². The van der Waals surface area contributed by atoms with Crippen molar-refractivity contribution in [3.63, 3.8) is 0 Å². The minimum absolute atomic E-state index is 0.266. The highest BCUT2D eigenvalue weighted by atomic mass is 32.2. The molecule has 1 aliphatic heterocycles. The van der Waals surface area contributed by atoms with Crippen molar-refractivity contribution < 1.29 is 14.4 Å². The molecule has 1 heterocycles. The second-order valence-corrected chi connectivity index (χ2v) is 8.43. The lowest BCUT2D eigenvalue weighted by atomic mass is 9.93. The quantitative estimate of drug-likeness (QED) is 0.718. The highest BCUT2D eigenvalue weighted by Gasteiger charge is 2.48. The minimum Gasteiger partial charge on any atom is -0.322 e. The van der Waals surface area contributed by atoms with E-state index in [1.54, 1.807) is 18.7 Å². The van der Waals surface area contributed by atoms with E-state index in [9.17, 15) is 14.4 Å². The van der Waals surface area contributed by atoms with E-state index in [-0.39, 0.29) is 11.7 Å². The number of nitrogens with zero attached hydrogens (tertiary/aromatic N) is 1. The van der Waals surface area contributed by atoms with Gasteiger partial charge in [-0.05, 0) is 38.2 Å². The van der Waals surface area contributed by atoms with Crippen LogP contribution < -0.4 is 10.7 Å². The van der Waals surface area contributed by atoms with E-state index in [1.807, 2.05) is 30.3 Å². The summed E-state index contributed by atoms with van der Waals surface area (Å²) in [4.78, 5) is 37.0. The van der Waals surface area contributed by atoms with Crippen LogP contribution in [-0.4, -0.2) is 39.4 Å². The molecular weight excluding hydrogens is 350 g/mol. The Hall–Kier alpha value is -2.02. The van der Waals surface area contributed by atoms with Gasteiger partial charge < -0.3 is 5.32 Å². The number of amides is 4. The van der Waals surface area contributed by atoms with E-state index in [0.717, 1.165) is 23.4 Å². The first kappa shape index (κ1) is 18.8. The van der Waals surface area contributed by atoms with Crippen LogP contribution in [0.25, 0.3) is 0 Å². The molecule has 1 aliphatic carbocycles. The lowest BCUT2D eigenvalue weighted by Gasteiger charge is -2.21. The standard InChI is InChI=1S/C19H25N3O3S/c1-19(12-11-14-7-3-2-4-8-14)17(24)22(18(25)20-19)21-16(23)13-26-15-9-5-6-10-15/h2-4,7-8,15H,5-6,9-13H2,1H3,(H,20,25)(H,21,23)/t19-/m1/s1. The van der Waals surface area contributed by atoms with Crippen molar-refractivity contribution in [1.29, 1.82) is 0 Å². The lowest BCUT2D eigenvalue weighted by molar-refractivity contribution is -0.138. The number of carbonyl (C=O) groups excluding carboxylic acids is 3. The molecule has 140 valence electrons. The molecule has 1 saturated carbocycles. The molecule has 3 rings (SSSR count). The summed E-state index contributed by atoms with van der Waals surface area (Å²) in [6.07, 6.45) is 5.85. The van der Waals surface area contributed by atoms with Crippen LogP contribution in [0.5, 0.6) is 0 Å². The van der Waals surface area contributed by atoms with Crippen molar-refractivity contribution in [2.45, 2.75) is 56.2 Å². The van der Waals surface area contributed by atoms with Crippen LogP contribution in [0.2, 0.25) is 0 Å². The number of hydrogen-bond donors (Lipinski definition) is 2. The minimum atomic E-state index is -1.00. The molecule has 0 radical (unpaired) electrons. The SMILES string of the molecule is C[C@]1(CCc2ccccc2)NC(=O)N(NC(=O)CSC2CCCC2)C1=O. The van der Waals surface area contributed by atoms with Crippen LogP contribution in [-0.2, 0) is 16.0 Å². The maximum absolute atomic E-state index is 12.7. The van der Waals surface area contributed by atoms with Crippen molar-refractivity contribution in [2.24, 2.45) is 0 Å². The average Bonchev–Trinajstić information content (AvgIpc) is 3.23. The molecule has 1 aromatic rings. The molecule has 0 aromatic heterocycles. The molecule has 0 spiro atoms. The van der Waals surface area contributed by atoms with Gasteiger partial charge in [-0.15, -0.1) is 11.8 Å². The van der Waals surface area contributed by atoms with Crippen molar-refractivity contribution >= 4 is 29.6 Å². The first-order valence-electron chi connectivity index (χ1n) is 9.10. The molecule has 1 saturated heterocycles. The number of rotatable bonds is 7. The summed E-state index contributed by atoms with van der Waals surface area (Å²) in [6.45, 7) is 1.70. The van der Waals surface area contributed by atoms with E-state index >= 15 is 0 Å². The second kappa shape index (κ2) is 8.12. The van der Waals surface area contributed by atoms with E-state index in [0.29, 0.717) is 18.1 Å². The van der Waals surface area contributed by atoms with Gasteiger partial charge in [0.15, 0.2) is 0 Å². The van der Waals surface area contributed by atoms with Gasteiger partial charge in [0.05, 0.1) is 5.75 Å². The molecule has 1 aromatic carbocycles. The molecule has 7 heteroatoms. The molecule has 1 atom stereocenters. The Morgan fingerprint density at radius 3 is 2.65 bits per heavy atom. The maximum atomic E-state index is 12.7. The molecular formula is C19H25N3O3S. The van der Waals surface area contributed by atoms with Gasteiger partial charge in [0.25, 0.3) is 5.91 Å². The molecule has 6 nitrogen and oxygen atoms in total. The molecule has 2 fully saturated rings. The van der Waals surface area contributed by atoms with Crippen LogP contribution in [0.4, 0.5) is 4.79 Å². The number of carbonyl (C=O) groups is 3. The van der Waals surface area contributed by atoms with Gasteiger partial charge in [-0.1, -0.05) is 43.2 Å². The normalized spacial score (nSPS) is 23.3. The number of nitrogens with one attached hydrogen (secondary N) is 2. The highest BCUT2D eigenvalue weighted by Crippen LogP contribution is 2.29. The molecule has 26 heavy (non-hydrogen) atoms. The topological polar surface area (TPSA) is 78.5 Å². The Morgan fingerprint density at radius 2 is 1.96 bits per heavy atom. The number of urea groups is 1. The van der Waals surface area contributed by atoms with Gasteiger partial charge in [0, 0.05) is 5.25 Å². The molecule has 2 N–H and O–H groups in total. The summed E-state index contributed by atoms with van der Waals surface area (Å²) in [6, 6.07) is 9.25. The smallest absolute Gasteiger partial charge is 0.322 e. The van der Waals surface area contributed by atoms with Crippen molar-refractivity contribution in [3.05, 3.63) is 35.9 Å². The summed E-state index contributed by atoms with van der Waals surface area (Å²) >= 11 is 1.60. The third kappa shape index (κ3) is 4.38. The van der Waals surface area contributed by atoms with Gasteiger partial charge in [-0.25, -0.2) is 4.79 Å². The number of imide groups is 1. The molecule has 2 aliphatic rings. The van der Waals surface area contributed by atoms with Gasteiger partial charge >= 0.3 is 6.03 Å². The molecule has 0 bridgehead atoms. The summed E-state index contributed by atoms with van der Waals surface area (Å²) in [5, 5.41) is 4.07. The summed E-state index contributed by atoms with van der Waals surface area (Å²) in [7, 11) is 0. The van der Waals surface area contributed by atoms with Gasteiger partial charge in [-0.3, -0.25) is 15.0 Å². The van der Waals surface area contributed by atoms with Crippen molar-refractivity contribution in [1.82, 2.24) is 15.8 Å². The van der Waals surface area contributed by atoms with E-state index < -0.39 is 17.5 Å². The second-order valence-electron chi connectivity index (χ2n) is 7.14. The number of thioether (sulfide) groups is 1. The lowest BCUT2D eigenvalue weighted by Crippen LogP contribution is -2.49. The summed E-state index contributed by atoms with van der Waals surface area (Å²) in [5.41, 5.74) is 2.57. The monoisotopic (exact) mass is 375 g/mol. The molecule has 4 amide bonds. The van der Waals surface area contributed by atoms with Crippen LogP contribution in [0.1, 0.15) is 44.6 Å². The number of hydrazine groups is 1. The van der Waals surface area contributed by atoms with Crippen LogP contribution in [0.3, 0.4) is 0 Å². The fourth-order valence-corrected chi connectivity index (χ4v) is 4.52. The summed E-state index contributed by atoms with van der Waals surface area (Å²) < 4.78 is 0. The third-order valence-electron chi connectivity index (χ3n) is 5.01. The zero-order valence-electron chi connectivity index (χ0n) is 15.0. The Kier molecular flexibility index (Phi) is 5.86. The zero-order valence-corrected chi connectivity index (χ0v) is 15.8. The summed E-state index contributed by atoms with van der Waals surface area (Å²) in [5.74, 6) is -0.446. The Balaban J connectivity index is 1.52. The first-order valence-corrected chi connectivity index (χ1v) is 10.1. The highest BCUT2D eigenvalue weighted by molar-refractivity contribution is 8.00. The van der Waals surface area contributed by atoms with Crippen molar-refractivity contribution in [3.8, 4) is 0 Å². The van der Waals surface area contributed by atoms with Crippen LogP contribution >= 0.6 is 11.8 Å². The predicted molar refractivity (Wildman–Crippen MR) is 101 cm³/mol. The fraction of sp³-hybridized carbons (Fsp3) is 0.526. The average molecular weight is 375 g/mol. The van der Waals surface area contributed by atoms with Gasteiger partial charge in [0.1, 0.15) is 5.54 Å². The zero-order chi connectivity index (χ0) is 18.6. The van der Waals surface area contributed by atoms with Gasteiger partial charge in [0.2, 0.25) is 5.91 Å². The Morgan fingerprint density at radius 1 is 1.27 bits per heavy atom. The van der Waals surface area contributed by atoms with Gasteiger partial charge in [-0.2, -0.15) is 5.01 Å². The number of benzene rings is 1. The van der Waals surface area contributed by atoms with E-state index in [4.69, 9.17) is 0 Å². The predicted octanol–water partition coefficient (Wildman–Crippen LogP) is 2.64. The molecule has 0 unspecified atom stereocenters. The van der Waals surface area contributed by atoms with Crippen LogP contribution in [0, 0.1) is 0 Å². The third-order valence-corrected chi connectivity index (χ3v) is 6.38. The maximum Gasteiger partial charge on any atom is 0.344 e. The van der Waals surface area contributed by atoms with E-state index in [2.05, 4.69) is 10.7 Å². The largest absolute Gasteiger partial charge is 0.344 e. The Labute approximate surface area is 158 Å². The Bertz CT molecular complexity index is 676.